The SMILES string of the molecule is O=C(Cn1c(=O)n(-c2cccc(Cl)c2)c(=O)c2sccc21)NC1CCc2ccccc21. The van der Waals surface area contributed by atoms with Crippen molar-refractivity contribution in [1.29, 1.82) is 0 Å². The molecule has 6 nitrogen and oxygen atoms in total. The Balaban J connectivity index is 1.53. The van der Waals surface area contributed by atoms with Crippen molar-refractivity contribution in [2.75, 3.05) is 0 Å². The number of carbonyl (C=O) groups is 1. The van der Waals surface area contributed by atoms with Crippen LogP contribution in [0.4, 0.5) is 0 Å². The zero-order chi connectivity index (χ0) is 21.5. The van der Waals surface area contributed by atoms with E-state index in [0.29, 0.717) is 20.9 Å². The maximum Gasteiger partial charge on any atom is 0.336 e. The Bertz CT molecular complexity index is 1440. The molecule has 8 heteroatoms. The molecule has 0 spiro atoms. The lowest BCUT2D eigenvalue weighted by molar-refractivity contribution is -0.122. The van der Waals surface area contributed by atoms with Crippen molar-refractivity contribution in [2.24, 2.45) is 0 Å². The molecule has 156 valence electrons. The predicted octanol–water partition coefficient (Wildman–Crippen LogP) is 3.67. The van der Waals surface area contributed by atoms with Gasteiger partial charge in [0.15, 0.2) is 0 Å². The molecule has 2 aromatic heterocycles. The second-order valence-electron chi connectivity index (χ2n) is 7.48. The smallest absolute Gasteiger partial charge is 0.336 e. The van der Waals surface area contributed by atoms with Crippen LogP contribution in [0.5, 0.6) is 0 Å². The normalized spacial score (nSPS) is 15.2. The van der Waals surface area contributed by atoms with Crippen LogP contribution in [0.25, 0.3) is 15.9 Å². The van der Waals surface area contributed by atoms with Gasteiger partial charge in [-0.15, -0.1) is 11.3 Å². The van der Waals surface area contributed by atoms with Crippen molar-refractivity contribution in [3.63, 3.8) is 0 Å². The molecule has 0 saturated carbocycles. The zero-order valence-corrected chi connectivity index (χ0v) is 17.9. The third-order valence-electron chi connectivity index (χ3n) is 5.59. The molecule has 1 aliphatic rings. The molecule has 2 aromatic carbocycles. The molecule has 4 aromatic rings. The average molecular weight is 452 g/mol. The summed E-state index contributed by atoms with van der Waals surface area (Å²) < 4.78 is 2.84. The first-order chi connectivity index (χ1) is 15.0. The Morgan fingerprint density at radius 1 is 1.13 bits per heavy atom. The number of fused-ring (bicyclic) bond motifs is 2. The minimum Gasteiger partial charge on any atom is -0.348 e. The average Bonchev–Trinajstić information content (AvgIpc) is 3.39. The van der Waals surface area contributed by atoms with Crippen LogP contribution in [0.1, 0.15) is 23.6 Å². The van der Waals surface area contributed by atoms with Crippen molar-refractivity contribution in [1.82, 2.24) is 14.5 Å². The van der Waals surface area contributed by atoms with Gasteiger partial charge >= 0.3 is 5.69 Å². The van der Waals surface area contributed by atoms with E-state index in [9.17, 15) is 14.4 Å². The highest BCUT2D eigenvalue weighted by molar-refractivity contribution is 7.17. The van der Waals surface area contributed by atoms with E-state index in [-0.39, 0.29) is 18.5 Å². The number of carbonyl (C=O) groups excluding carboxylic acids is 1. The van der Waals surface area contributed by atoms with Gasteiger partial charge in [0.2, 0.25) is 5.91 Å². The fraction of sp³-hybridized carbons (Fsp3) is 0.174. The van der Waals surface area contributed by atoms with E-state index in [1.807, 2.05) is 18.2 Å². The summed E-state index contributed by atoms with van der Waals surface area (Å²) >= 11 is 7.31. The number of aromatic nitrogens is 2. The van der Waals surface area contributed by atoms with Crippen LogP contribution in [0.2, 0.25) is 5.02 Å². The predicted molar refractivity (Wildman–Crippen MR) is 122 cm³/mol. The van der Waals surface area contributed by atoms with E-state index in [1.165, 1.54) is 21.5 Å². The number of hydrogen-bond donors (Lipinski definition) is 1. The summed E-state index contributed by atoms with van der Waals surface area (Å²) in [5.74, 6) is -0.271. The number of aryl methyl sites for hydroxylation is 1. The quantitative estimate of drug-likeness (QED) is 0.514. The third kappa shape index (κ3) is 3.49. The molecule has 0 saturated heterocycles. The van der Waals surface area contributed by atoms with E-state index in [4.69, 9.17) is 11.6 Å². The molecular formula is C23H18ClN3O3S. The van der Waals surface area contributed by atoms with Gasteiger partial charge in [0.25, 0.3) is 5.56 Å². The van der Waals surface area contributed by atoms with E-state index >= 15 is 0 Å². The lowest BCUT2D eigenvalue weighted by Crippen LogP contribution is -2.41. The van der Waals surface area contributed by atoms with Gasteiger partial charge in [-0.05, 0) is 53.6 Å². The van der Waals surface area contributed by atoms with Gasteiger partial charge < -0.3 is 5.32 Å². The van der Waals surface area contributed by atoms with Gasteiger partial charge in [-0.25, -0.2) is 9.36 Å². The minimum absolute atomic E-state index is 0.0730. The molecule has 2 heterocycles. The molecule has 1 N–H and O–H groups in total. The molecule has 31 heavy (non-hydrogen) atoms. The molecule has 0 aliphatic heterocycles. The summed E-state index contributed by atoms with van der Waals surface area (Å²) in [6.07, 6.45) is 1.74. The number of hydrogen-bond acceptors (Lipinski definition) is 4. The van der Waals surface area contributed by atoms with Crippen molar-refractivity contribution in [3.8, 4) is 5.69 Å². The van der Waals surface area contributed by atoms with Crippen LogP contribution in [0.15, 0.2) is 69.6 Å². The molecule has 0 bridgehead atoms. The van der Waals surface area contributed by atoms with Gasteiger partial charge in [-0.2, -0.15) is 0 Å². The molecular weight excluding hydrogens is 434 g/mol. The topological polar surface area (TPSA) is 73.1 Å². The highest BCUT2D eigenvalue weighted by Crippen LogP contribution is 2.30. The first kappa shape index (κ1) is 19.8. The van der Waals surface area contributed by atoms with Gasteiger partial charge in [0.05, 0.1) is 17.2 Å². The van der Waals surface area contributed by atoms with Gasteiger partial charge in [0.1, 0.15) is 11.2 Å². The highest BCUT2D eigenvalue weighted by atomic mass is 35.5. The standard InChI is InChI=1S/C23H18ClN3O3S/c24-15-5-3-6-16(12-15)27-22(29)21-19(10-11-31-21)26(23(27)30)13-20(28)25-18-9-8-14-4-1-2-7-17(14)18/h1-7,10-12,18H,8-9,13H2,(H,25,28). The largest absolute Gasteiger partial charge is 0.348 e. The second kappa shape index (κ2) is 7.83. The number of thiophene rings is 1. The first-order valence-electron chi connectivity index (χ1n) is 9.89. The van der Waals surface area contributed by atoms with E-state index in [1.54, 1.807) is 35.7 Å². The van der Waals surface area contributed by atoms with Crippen LogP contribution in [-0.2, 0) is 17.8 Å². The summed E-state index contributed by atoms with van der Waals surface area (Å²) in [5, 5.41) is 5.21. The Hall–Kier alpha value is -3.16. The summed E-state index contributed by atoms with van der Waals surface area (Å²) in [5.41, 5.74) is 2.20. The van der Waals surface area contributed by atoms with Crippen molar-refractivity contribution in [2.45, 2.75) is 25.4 Å². The van der Waals surface area contributed by atoms with Crippen molar-refractivity contribution in [3.05, 3.63) is 97.0 Å². The zero-order valence-electron chi connectivity index (χ0n) is 16.4. The van der Waals surface area contributed by atoms with Gasteiger partial charge in [0, 0.05) is 5.02 Å². The van der Waals surface area contributed by atoms with Crippen LogP contribution in [-0.4, -0.2) is 15.0 Å². The lowest BCUT2D eigenvalue weighted by atomic mass is 10.1. The second-order valence-corrected chi connectivity index (χ2v) is 8.83. The molecule has 1 unspecified atom stereocenters. The molecule has 1 aliphatic carbocycles. The third-order valence-corrected chi connectivity index (χ3v) is 6.72. The fourth-order valence-electron chi connectivity index (χ4n) is 4.17. The van der Waals surface area contributed by atoms with Gasteiger partial charge in [-0.3, -0.25) is 14.2 Å². The number of halogens is 1. The maximum absolute atomic E-state index is 13.3. The van der Waals surface area contributed by atoms with E-state index < -0.39 is 11.2 Å². The number of benzene rings is 2. The summed E-state index contributed by atoms with van der Waals surface area (Å²) in [6.45, 7) is -0.175. The maximum atomic E-state index is 13.3. The van der Waals surface area contributed by atoms with Gasteiger partial charge in [-0.1, -0.05) is 41.9 Å². The van der Waals surface area contributed by atoms with Crippen molar-refractivity contribution >= 4 is 39.1 Å². The number of nitrogens with one attached hydrogen (secondary N) is 1. The Labute approximate surface area is 186 Å². The van der Waals surface area contributed by atoms with E-state index in [2.05, 4.69) is 11.4 Å². The van der Waals surface area contributed by atoms with Crippen molar-refractivity contribution < 1.29 is 4.79 Å². The first-order valence-corrected chi connectivity index (χ1v) is 11.1. The summed E-state index contributed by atoms with van der Waals surface area (Å²) in [4.78, 5) is 39.2. The van der Waals surface area contributed by atoms with Crippen LogP contribution < -0.4 is 16.6 Å². The summed E-state index contributed by atoms with van der Waals surface area (Å²) in [6, 6.07) is 16.2. The van der Waals surface area contributed by atoms with Crippen LogP contribution in [0.3, 0.4) is 0 Å². The molecule has 1 amide bonds. The Kier molecular flexibility index (Phi) is 5.00. The summed E-state index contributed by atoms with van der Waals surface area (Å²) in [7, 11) is 0. The highest BCUT2D eigenvalue weighted by Gasteiger charge is 2.24. The monoisotopic (exact) mass is 451 g/mol. The Morgan fingerprint density at radius 2 is 1.97 bits per heavy atom. The van der Waals surface area contributed by atoms with E-state index in [0.717, 1.165) is 23.0 Å². The van der Waals surface area contributed by atoms with Crippen LogP contribution in [0, 0.1) is 0 Å². The lowest BCUT2D eigenvalue weighted by Gasteiger charge is -2.16. The molecule has 1 atom stereocenters. The fourth-order valence-corrected chi connectivity index (χ4v) is 5.18. The molecule has 0 radical (unpaired) electrons. The van der Waals surface area contributed by atoms with Crippen LogP contribution >= 0.6 is 22.9 Å². The molecule has 0 fully saturated rings. The molecule has 5 rings (SSSR count). The number of rotatable bonds is 4. The number of nitrogens with zero attached hydrogens (tertiary/aromatic N) is 2. The minimum atomic E-state index is -0.569. The number of amides is 1. The Morgan fingerprint density at radius 3 is 2.81 bits per heavy atom.